The van der Waals surface area contributed by atoms with E-state index in [9.17, 15) is 0 Å². The van der Waals surface area contributed by atoms with E-state index in [0.29, 0.717) is 13.0 Å². The molecular weight excluding hydrogens is 148 g/mol. The third-order valence-corrected chi connectivity index (χ3v) is 1.69. The number of ether oxygens (including phenoxy) is 1. The molecule has 12 heavy (non-hydrogen) atoms. The molecule has 1 nitrogen and oxygen atoms in total. The first kappa shape index (κ1) is 9.11. The van der Waals surface area contributed by atoms with E-state index in [1.807, 2.05) is 25.1 Å². The van der Waals surface area contributed by atoms with Crippen molar-refractivity contribution < 1.29 is 4.74 Å². The average molecular weight is 162 g/mol. The molecule has 0 unspecified atom stereocenters. The monoisotopic (exact) mass is 162 g/mol. The lowest BCUT2D eigenvalue weighted by atomic mass is 10.1. The van der Waals surface area contributed by atoms with Gasteiger partial charge in [0.1, 0.15) is 5.75 Å². The van der Waals surface area contributed by atoms with Crippen LogP contribution in [0.1, 0.15) is 18.9 Å². The van der Waals surface area contributed by atoms with Crippen LogP contribution in [0, 0.1) is 6.92 Å². The Kier molecular flexibility index (Phi) is 3.65. The van der Waals surface area contributed by atoms with Gasteiger partial charge in [-0.1, -0.05) is 18.2 Å². The van der Waals surface area contributed by atoms with Crippen LogP contribution < -0.4 is 4.74 Å². The molecule has 1 rings (SSSR count). The number of aryl methyl sites for hydroxylation is 1. The minimum Gasteiger partial charge on any atom is -0.494 e. The van der Waals surface area contributed by atoms with Crippen molar-refractivity contribution >= 4 is 0 Å². The van der Waals surface area contributed by atoms with Crippen molar-refractivity contribution in [1.29, 1.82) is 0 Å². The summed E-state index contributed by atoms with van der Waals surface area (Å²) in [4.78, 5) is 0. The van der Waals surface area contributed by atoms with Crippen molar-refractivity contribution in [2.24, 2.45) is 0 Å². The van der Waals surface area contributed by atoms with E-state index < -0.39 is 0 Å². The Morgan fingerprint density at radius 2 is 2.08 bits per heavy atom. The summed E-state index contributed by atoms with van der Waals surface area (Å²) in [6.07, 6.45) is 1.56. The maximum Gasteiger partial charge on any atom is 0.122 e. The zero-order valence-electron chi connectivity index (χ0n) is 7.42. The third-order valence-electron chi connectivity index (χ3n) is 1.69. The highest BCUT2D eigenvalue weighted by atomic mass is 16.5. The van der Waals surface area contributed by atoms with Crippen molar-refractivity contribution in [3.8, 4) is 5.75 Å². The molecule has 0 saturated heterocycles. The van der Waals surface area contributed by atoms with E-state index in [2.05, 4.69) is 6.07 Å². The van der Waals surface area contributed by atoms with E-state index in [-0.39, 0.29) is 0 Å². The molecule has 0 fully saturated rings. The van der Waals surface area contributed by atoms with Crippen LogP contribution in [0.4, 0.5) is 0 Å². The van der Waals surface area contributed by atoms with Crippen LogP contribution in [0.2, 0.25) is 0 Å². The Hall–Kier alpha value is -0.980. The fourth-order valence-corrected chi connectivity index (χ4v) is 1.16. The summed E-state index contributed by atoms with van der Waals surface area (Å²) < 4.78 is 5.43. The summed E-state index contributed by atoms with van der Waals surface area (Å²) in [5.41, 5.74) is 1.20. The van der Waals surface area contributed by atoms with Gasteiger partial charge >= 0.3 is 0 Å². The Balaban J connectivity index is 2.77. The molecule has 1 aromatic rings. The predicted octanol–water partition coefficient (Wildman–Crippen LogP) is 2.73. The molecule has 0 aliphatic carbocycles. The topological polar surface area (TPSA) is 9.23 Å². The minimum atomic E-state index is 0.671. The minimum absolute atomic E-state index is 0.671. The Morgan fingerprint density at radius 3 is 2.75 bits per heavy atom. The maximum atomic E-state index is 5.47. The summed E-state index contributed by atoms with van der Waals surface area (Å²) in [5.74, 6) is 0.963. The zero-order valence-corrected chi connectivity index (χ0v) is 7.42. The molecule has 0 saturated carbocycles. The van der Waals surface area contributed by atoms with Crippen LogP contribution in [0.25, 0.3) is 0 Å². The molecule has 2 radical (unpaired) electrons. The molecule has 0 N–H and O–H groups in total. The highest BCUT2D eigenvalue weighted by Crippen LogP contribution is 2.18. The smallest absolute Gasteiger partial charge is 0.122 e. The van der Waals surface area contributed by atoms with E-state index >= 15 is 0 Å². The molecule has 0 spiro atoms. The molecule has 0 aliphatic rings. The molecule has 0 bridgehead atoms. The maximum absolute atomic E-state index is 5.47. The Morgan fingerprint density at radius 1 is 1.33 bits per heavy atom. The number of benzene rings is 1. The third kappa shape index (κ3) is 2.26. The zero-order chi connectivity index (χ0) is 8.81. The fraction of sp³-hybridized carbons (Fsp3) is 0.364. The SMILES string of the molecule is [CH]CCc1ccccc1OCC. The van der Waals surface area contributed by atoms with Gasteiger partial charge in [0.25, 0.3) is 0 Å². The molecular formula is C11H14O. The van der Waals surface area contributed by atoms with Gasteiger partial charge in [-0.05, 0) is 38.3 Å². The largest absolute Gasteiger partial charge is 0.494 e. The quantitative estimate of drug-likeness (QED) is 0.661. The molecule has 0 aromatic heterocycles. The summed E-state index contributed by atoms with van der Waals surface area (Å²) in [6.45, 7) is 8.17. The van der Waals surface area contributed by atoms with E-state index in [1.54, 1.807) is 0 Å². The predicted molar refractivity (Wildman–Crippen MR) is 50.2 cm³/mol. The summed E-state index contributed by atoms with van der Waals surface area (Å²) >= 11 is 0. The van der Waals surface area contributed by atoms with Crippen LogP contribution in [0.5, 0.6) is 5.75 Å². The van der Waals surface area contributed by atoms with Crippen LogP contribution >= 0.6 is 0 Å². The Bertz CT molecular complexity index is 205. The second-order valence-electron chi connectivity index (χ2n) is 2.58. The van der Waals surface area contributed by atoms with Gasteiger partial charge in [0.15, 0.2) is 0 Å². The number of rotatable bonds is 4. The van der Waals surface area contributed by atoms with E-state index in [1.165, 1.54) is 5.56 Å². The molecule has 1 aromatic carbocycles. The fourth-order valence-electron chi connectivity index (χ4n) is 1.16. The normalized spacial score (nSPS) is 9.83. The van der Waals surface area contributed by atoms with Gasteiger partial charge in [0, 0.05) is 0 Å². The van der Waals surface area contributed by atoms with E-state index in [4.69, 9.17) is 11.7 Å². The Labute approximate surface area is 74.4 Å². The second kappa shape index (κ2) is 4.81. The molecule has 64 valence electrons. The highest BCUT2D eigenvalue weighted by molar-refractivity contribution is 5.33. The average Bonchev–Trinajstić information content (AvgIpc) is 2.09. The lowest BCUT2D eigenvalue weighted by Gasteiger charge is -2.07. The lowest BCUT2D eigenvalue weighted by Crippen LogP contribution is -1.95. The van der Waals surface area contributed by atoms with E-state index in [0.717, 1.165) is 12.2 Å². The first-order valence-corrected chi connectivity index (χ1v) is 4.29. The van der Waals surface area contributed by atoms with Crippen molar-refractivity contribution in [3.05, 3.63) is 36.8 Å². The molecule has 1 heteroatoms. The van der Waals surface area contributed by atoms with Crippen LogP contribution in [0.3, 0.4) is 0 Å². The van der Waals surface area contributed by atoms with Gasteiger partial charge in [-0.2, -0.15) is 0 Å². The molecule has 0 amide bonds. The van der Waals surface area contributed by atoms with Crippen LogP contribution in [0.15, 0.2) is 24.3 Å². The van der Waals surface area contributed by atoms with Gasteiger partial charge in [-0.15, -0.1) is 0 Å². The first-order chi connectivity index (χ1) is 5.88. The van der Waals surface area contributed by atoms with Crippen molar-refractivity contribution in [1.82, 2.24) is 0 Å². The molecule has 0 atom stereocenters. The van der Waals surface area contributed by atoms with Crippen LogP contribution in [-0.2, 0) is 6.42 Å². The number of para-hydroxylation sites is 1. The van der Waals surface area contributed by atoms with Gasteiger partial charge in [-0.25, -0.2) is 0 Å². The van der Waals surface area contributed by atoms with Gasteiger partial charge in [-0.3, -0.25) is 0 Å². The lowest BCUT2D eigenvalue weighted by molar-refractivity contribution is 0.336. The van der Waals surface area contributed by atoms with Crippen molar-refractivity contribution in [2.75, 3.05) is 6.61 Å². The van der Waals surface area contributed by atoms with Crippen LogP contribution in [-0.4, -0.2) is 6.61 Å². The van der Waals surface area contributed by atoms with Gasteiger partial charge in [0.05, 0.1) is 6.61 Å². The van der Waals surface area contributed by atoms with Crippen molar-refractivity contribution in [2.45, 2.75) is 19.8 Å². The first-order valence-electron chi connectivity index (χ1n) is 4.29. The summed E-state index contributed by atoms with van der Waals surface area (Å²) in [7, 11) is 0. The standard InChI is InChI=1S/C11H14O/c1-3-7-10-8-5-6-9-11(10)12-4-2/h1,5-6,8-9H,3-4,7H2,2H3. The molecule has 0 heterocycles. The highest BCUT2D eigenvalue weighted by Gasteiger charge is 1.99. The summed E-state index contributed by atoms with van der Waals surface area (Å²) in [5, 5.41) is 0. The van der Waals surface area contributed by atoms with Gasteiger partial charge < -0.3 is 4.74 Å². The second-order valence-corrected chi connectivity index (χ2v) is 2.58. The summed E-state index contributed by atoms with van der Waals surface area (Å²) in [6, 6.07) is 8.02. The number of hydrogen-bond acceptors (Lipinski definition) is 1. The molecule has 0 aliphatic heterocycles. The number of hydrogen-bond donors (Lipinski definition) is 0. The van der Waals surface area contributed by atoms with Crippen molar-refractivity contribution in [3.63, 3.8) is 0 Å². The van der Waals surface area contributed by atoms with Gasteiger partial charge in [0.2, 0.25) is 0 Å².